The van der Waals surface area contributed by atoms with E-state index in [-0.39, 0.29) is 0 Å². The van der Waals surface area contributed by atoms with Crippen molar-refractivity contribution in [2.45, 2.75) is 46.0 Å². The highest BCUT2D eigenvalue weighted by molar-refractivity contribution is 5.28. The molecule has 27 heavy (non-hydrogen) atoms. The summed E-state index contributed by atoms with van der Waals surface area (Å²) >= 11 is 0. The predicted molar refractivity (Wildman–Crippen MR) is 115 cm³/mol. The van der Waals surface area contributed by atoms with Gasteiger partial charge in [-0.25, -0.2) is 0 Å². The van der Waals surface area contributed by atoms with Crippen LogP contribution in [0.1, 0.15) is 45.1 Å². The Bertz CT molecular complexity index is 625. The van der Waals surface area contributed by atoms with E-state index in [0.717, 1.165) is 17.6 Å². The van der Waals surface area contributed by atoms with Gasteiger partial charge in [0.05, 0.1) is 7.11 Å². The van der Waals surface area contributed by atoms with Crippen molar-refractivity contribution in [3.8, 4) is 5.75 Å². The number of likely N-dealkylation sites (tertiary alicyclic amines) is 1. The second kappa shape index (κ2) is 10.1. The SMILES string of the molecule is COc1cccc(CCCC2CCN(CC3C=CC=CC3C(C)C)CC2)c1. The smallest absolute Gasteiger partial charge is 0.119 e. The van der Waals surface area contributed by atoms with Gasteiger partial charge < -0.3 is 9.64 Å². The highest BCUT2D eigenvalue weighted by Crippen LogP contribution is 2.30. The van der Waals surface area contributed by atoms with E-state index < -0.39 is 0 Å². The molecule has 2 aliphatic rings. The van der Waals surface area contributed by atoms with Crippen LogP contribution in [-0.4, -0.2) is 31.6 Å². The molecule has 0 bridgehead atoms. The van der Waals surface area contributed by atoms with Crippen molar-refractivity contribution in [1.29, 1.82) is 0 Å². The van der Waals surface area contributed by atoms with Crippen LogP contribution in [0.2, 0.25) is 0 Å². The van der Waals surface area contributed by atoms with Gasteiger partial charge in [-0.3, -0.25) is 0 Å². The van der Waals surface area contributed by atoms with Gasteiger partial charge in [0, 0.05) is 6.54 Å². The van der Waals surface area contributed by atoms with Crippen LogP contribution in [0.25, 0.3) is 0 Å². The first-order valence-corrected chi connectivity index (χ1v) is 10.9. The summed E-state index contributed by atoms with van der Waals surface area (Å²) in [5, 5.41) is 0. The predicted octanol–water partition coefficient (Wildman–Crippen LogP) is 5.74. The average molecular weight is 368 g/mol. The second-order valence-corrected chi connectivity index (χ2v) is 8.74. The summed E-state index contributed by atoms with van der Waals surface area (Å²) in [6, 6.07) is 8.54. The highest BCUT2D eigenvalue weighted by Gasteiger charge is 2.26. The standard InChI is InChI=1S/C25H37NO/c1-20(2)25-13-5-4-11-23(25)19-26-16-14-21(15-17-26)8-6-9-22-10-7-12-24(18-22)27-3/h4-5,7,10-13,18,20-21,23,25H,6,8-9,14-17,19H2,1-3H3. The van der Waals surface area contributed by atoms with Crippen molar-refractivity contribution in [3.05, 3.63) is 54.1 Å². The zero-order chi connectivity index (χ0) is 19.1. The molecule has 0 radical (unpaired) electrons. The Morgan fingerprint density at radius 1 is 1.11 bits per heavy atom. The minimum absolute atomic E-state index is 0.694. The zero-order valence-electron chi connectivity index (χ0n) is 17.4. The molecule has 1 fully saturated rings. The van der Waals surface area contributed by atoms with E-state index in [9.17, 15) is 0 Å². The maximum Gasteiger partial charge on any atom is 0.119 e. The molecule has 1 heterocycles. The summed E-state index contributed by atoms with van der Waals surface area (Å²) in [6.07, 6.45) is 15.9. The highest BCUT2D eigenvalue weighted by atomic mass is 16.5. The van der Waals surface area contributed by atoms with Crippen LogP contribution in [0.3, 0.4) is 0 Å². The summed E-state index contributed by atoms with van der Waals surface area (Å²) in [6.45, 7) is 8.51. The molecule has 2 heteroatoms. The van der Waals surface area contributed by atoms with Gasteiger partial charge in [0.1, 0.15) is 5.75 Å². The van der Waals surface area contributed by atoms with Gasteiger partial charge in [0.2, 0.25) is 0 Å². The maximum absolute atomic E-state index is 5.33. The molecular formula is C25H37NO. The number of nitrogens with zero attached hydrogens (tertiary/aromatic N) is 1. The molecule has 148 valence electrons. The second-order valence-electron chi connectivity index (χ2n) is 8.74. The van der Waals surface area contributed by atoms with E-state index in [4.69, 9.17) is 4.74 Å². The third-order valence-electron chi connectivity index (χ3n) is 6.46. The van der Waals surface area contributed by atoms with E-state index in [1.807, 2.05) is 6.07 Å². The van der Waals surface area contributed by atoms with Gasteiger partial charge in [-0.15, -0.1) is 0 Å². The third-order valence-corrected chi connectivity index (χ3v) is 6.46. The summed E-state index contributed by atoms with van der Waals surface area (Å²) < 4.78 is 5.33. The molecule has 1 aromatic rings. The largest absolute Gasteiger partial charge is 0.497 e. The molecule has 0 spiro atoms. The van der Waals surface area contributed by atoms with Crippen LogP contribution in [-0.2, 0) is 6.42 Å². The van der Waals surface area contributed by atoms with E-state index in [2.05, 4.69) is 61.3 Å². The first-order valence-electron chi connectivity index (χ1n) is 10.9. The van der Waals surface area contributed by atoms with E-state index in [1.54, 1.807) is 7.11 Å². The lowest BCUT2D eigenvalue weighted by molar-refractivity contribution is 0.148. The fraction of sp³-hybridized carbons (Fsp3) is 0.600. The lowest BCUT2D eigenvalue weighted by Gasteiger charge is -2.37. The third kappa shape index (κ3) is 5.97. The lowest BCUT2D eigenvalue weighted by atomic mass is 9.80. The van der Waals surface area contributed by atoms with Crippen molar-refractivity contribution in [2.24, 2.45) is 23.7 Å². The molecule has 0 aromatic heterocycles. The summed E-state index contributed by atoms with van der Waals surface area (Å²) in [5.41, 5.74) is 1.41. The number of benzene rings is 1. The van der Waals surface area contributed by atoms with Crippen LogP contribution in [0.5, 0.6) is 5.75 Å². The number of hydrogen-bond donors (Lipinski definition) is 0. The molecule has 2 unspecified atom stereocenters. The Morgan fingerprint density at radius 3 is 2.63 bits per heavy atom. The maximum atomic E-state index is 5.33. The van der Waals surface area contributed by atoms with Gasteiger partial charge >= 0.3 is 0 Å². The minimum Gasteiger partial charge on any atom is -0.497 e. The van der Waals surface area contributed by atoms with E-state index in [0.29, 0.717) is 11.8 Å². The molecule has 1 aliphatic carbocycles. The van der Waals surface area contributed by atoms with E-state index >= 15 is 0 Å². The van der Waals surface area contributed by atoms with Gasteiger partial charge in [0.15, 0.2) is 0 Å². The van der Waals surface area contributed by atoms with Crippen molar-refractivity contribution < 1.29 is 4.74 Å². The summed E-state index contributed by atoms with van der Waals surface area (Å²) in [4.78, 5) is 2.71. The molecule has 2 nitrogen and oxygen atoms in total. The first kappa shape index (κ1) is 20.2. The van der Waals surface area contributed by atoms with E-state index in [1.165, 1.54) is 57.3 Å². The summed E-state index contributed by atoms with van der Waals surface area (Å²) in [5.74, 6) is 4.02. The quantitative estimate of drug-likeness (QED) is 0.580. The van der Waals surface area contributed by atoms with Crippen LogP contribution in [0, 0.1) is 23.7 Å². The van der Waals surface area contributed by atoms with Gasteiger partial charge in [-0.05, 0) is 80.1 Å². The van der Waals surface area contributed by atoms with Gasteiger partial charge in [0.25, 0.3) is 0 Å². The van der Waals surface area contributed by atoms with Crippen LogP contribution >= 0.6 is 0 Å². The summed E-state index contributed by atoms with van der Waals surface area (Å²) in [7, 11) is 1.75. The van der Waals surface area contributed by atoms with Crippen molar-refractivity contribution >= 4 is 0 Å². The Morgan fingerprint density at radius 2 is 1.89 bits per heavy atom. The fourth-order valence-corrected chi connectivity index (χ4v) is 4.75. The number of methoxy groups -OCH3 is 1. The van der Waals surface area contributed by atoms with Crippen molar-refractivity contribution in [3.63, 3.8) is 0 Å². The molecule has 1 saturated heterocycles. The van der Waals surface area contributed by atoms with Crippen LogP contribution in [0.15, 0.2) is 48.6 Å². The molecule has 2 atom stereocenters. The molecule has 0 amide bonds. The molecule has 0 saturated carbocycles. The van der Waals surface area contributed by atoms with Gasteiger partial charge in [-0.2, -0.15) is 0 Å². The number of hydrogen-bond acceptors (Lipinski definition) is 2. The molecule has 1 aliphatic heterocycles. The zero-order valence-corrected chi connectivity index (χ0v) is 17.4. The Labute approximate surface area is 166 Å². The molecule has 3 rings (SSSR count). The minimum atomic E-state index is 0.694. The molecule has 0 N–H and O–H groups in total. The number of aryl methyl sites for hydroxylation is 1. The van der Waals surface area contributed by atoms with Gasteiger partial charge in [-0.1, -0.05) is 56.7 Å². The number of rotatable bonds is 8. The average Bonchev–Trinajstić information content (AvgIpc) is 2.70. The Balaban J connectivity index is 1.37. The first-order chi connectivity index (χ1) is 13.2. The Kier molecular flexibility index (Phi) is 7.58. The van der Waals surface area contributed by atoms with Crippen molar-refractivity contribution in [2.75, 3.05) is 26.7 Å². The van der Waals surface area contributed by atoms with Crippen LogP contribution < -0.4 is 4.74 Å². The molecule has 1 aromatic carbocycles. The lowest BCUT2D eigenvalue weighted by Crippen LogP contribution is -2.39. The number of ether oxygens (including phenoxy) is 1. The van der Waals surface area contributed by atoms with Crippen LogP contribution in [0.4, 0.5) is 0 Å². The normalized spacial score (nSPS) is 23.9. The topological polar surface area (TPSA) is 12.5 Å². The van der Waals surface area contributed by atoms with Crippen molar-refractivity contribution in [1.82, 2.24) is 4.90 Å². The fourth-order valence-electron chi connectivity index (χ4n) is 4.75. The number of allylic oxidation sites excluding steroid dienone is 3. The number of piperidine rings is 1. The Hall–Kier alpha value is -1.54. The monoisotopic (exact) mass is 367 g/mol. The molecular weight excluding hydrogens is 330 g/mol.